The summed E-state index contributed by atoms with van der Waals surface area (Å²) in [6.45, 7) is 6.97. The lowest BCUT2D eigenvalue weighted by Crippen LogP contribution is -2.33. The molecule has 328 valence electrons. The van der Waals surface area contributed by atoms with E-state index in [1.807, 2.05) is 0 Å². The van der Waals surface area contributed by atoms with Gasteiger partial charge in [0.2, 0.25) is 0 Å². The number of hydrogen-bond acceptors (Lipinski definition) is 2. The van der Waals surface area contributed by atoms with E-state index in [1.54, 1.807) is 0 Å². The SMILES string of the molecule is CC(C)(C)Cc1ccc(C2CC(c3cccc4c3oc3ccccc34)=CC3=C2C(c2ccccc2)(c2ccccc2)c2cc(-c4ccc(Nc5ccc(-c6ccccc6)cc5)cc4)ccc23)cc1. The third kappa shape index (κ3) is 7.29. The molecule has 0 amide bonds. The summed E-state index contributed by atoms with van der Waals surface area (Å²) in [5.41, 5.74) is 21.4. The van der Waals surface area contributed by atoms with Crippen LogP contribution >= 0.6 is 0 Å². The topological polar surface area (TPSA) is 25.2 Å². The van der Waals surface area contributed by atoms with Gasteiger partial charge in [-0.25, -0.2) is 0 Å². The smallest absolute Gasteiger partial charge is 0.142 e. The van der Waals surface area contributed by atoms with Crippen LogP contribution in [0, 0.1) is 5.41 Å². The van der Waals surface area contributed by atoms with Crippen LogP contribution < -0.4 is 5.32 Å². The molecule has 0 fully saturated rings. The lowest BCUT2D eigenvalue weighted by atomic mass is 9.61. The van der Waals surface area contributed by atoms with Gasteiger partial charge in [-0.05, 0) is 127 Å². The summed E-state index contributed by atoms with van der Waals surface area (Å²) in [5.74, 6) is 0.0664. The van der Waals surface area contributed by atoms with Gasteiger partial charge in [-0.3, -0.25) is 0 Å². The van der Waals surface area contributed by atoms with E-state index in [1.165, 1.54) is 72.4 Å². The van der Waals surface area contributed by atoms with Crippen LogP contribution in [0.15, 0.2) is 241 Å². The monoisotopic (exact) mass is 875 g/mol. The zero-order valence-electron chi connectivity index (χ0n) is 38.8. The van der Waals surface area contributed by atoms with Crippen molar-refractivity contribution in [1.29, 1.82) is 0 Å². The number of para-hydroxylation sites is 2. The lowest BCUT2D eigenvalue weighted by Gasteiger charge is -2.41. The Morgan fingerprint density at radius 2 is 1.07 bits per heavy atom. The molecule has 1 unspecified atom stereocenters. The molecule has 2 aliphatic carbocycles. The van der Waals surface area contributed by atoms with Crippen LogP contribution in [-0.2, 0) is 11.8 Å². The van der Waals surface area contributed by atoms with Crippen molar-refractivity contribution in [3.05, 3.63) is 275 Å². The summed E-state index contributed by atoms with van der Waals surface area (Å²) < 4.78 is 6.77. The van der Waals surface area contributed by atoms with Gasteiger partial charge in [0, 0.05) is 33.6 Å². The zero-order chi connectivity index (χ0) is 45.8. The van der Waals surface area contributed by atoms with E-state index >= 15 is 0 Å². The highest BCUT2D eigenvalue weighted by molar-refractivity contribution is 6.09. The first-order valence-electron chi connectivity index (χ1n) is 24.0. The maximum atomic E-state index is 6.77. The molecular formula is C66H53NO. The molecule has 0 radical (unpaired) electrons. The molecule has 9 aromatic carbocycles. The third-order valence-corrected chi connectivity index (χ3v) is 14.3. The summed E-state index contributed by atoms with van der Waals surface area (Å²) in [6.07, 6.45) is 4.37. The Balaban J connectivity index is 1.02. The Labute approximate surface area is 400 Å². The van der Waals surface area contributed by atoms with E-state index in [2.05, 4.69) is 257 Å². The Kier molecular flexibility index (Phi) is 10.2. The fourth-order valence-electron chi connectivity index (χ4n) is 11.3. The minimum Gasteiger partial charge on any atom is -0.455 e. The fourth-order valence-corrected chi connectivity index (χ4v) is 11.3. The molecule has 0 saturated carbocycles. The highest BCUT2D eigenvalue weighted by Crippen LogP contribution is 2.63. The van der Waals surface area contributed by atoms with Crippen LogP contribution in [0.1, 0.15) is 72.1 Å². The summed E-state index contributed by atoms with van der Waals surface area (Å²) >= 11 is 0. The second kappa shape index (κ2) is 16.7. The summed E-state index contributed by atoms with van der Waals surface area (Å²) in [6, 6.07) is 82.6. The van der Waals surface area contributed by atoms with Gasteiger partial charge in [-0.2, -0.15) is 0 Å². The van der Waals surface area contributed by atoms with Crippen molar-refractivity contribution < 1.29 is 4.42 Å². The van der Waals surface area contributed by atoms with Crippen molar-refractivity contribution >= 4 is 44.5 Å². The number of hydrogen-bond donors (Lipinski definition) is 1. The number of rotatable bonds is 9. The van der Waals surface area contributed by atoms with Gasteiger partial charge < -0.3 is 9.73 Å². The highest BCUT2D eigenvalue weighted by Gasteiger charge is 2.51. The van der Waals surface area contributed by atoms with E-state index in [9.17, 15) is 0 Å². The molecule has 0 saturated heterocycles. The molecule has 2 aliphatic rings. The number of fused-ring (bicyclic) bond motifs is 5. The maximum absolute atomic E-state index is 6.77. The molecule has 0 spiro atoms. The number of allylic oxidation sites excluding steroid dienone is 4. The number of nitrogens with one attached hydrogen (secondary N) is 1. The molecule has 1 N–H and O–H groups in total. The van der Waals surface area contributed by atoms with Gasteiger partial charge in [0.05, 0.1) is 5.41 Å². The Morgan fingerprint density at radius 3 is 1.72 bits per heavy atom. The first kappa shape index (κ1) is 41.5. The Morgan fingerprint density at radius 1 is 0.515 bits per heavy atom. The largest absolute Gasteiger partial charge is 0.455 e. The number of anilines is 2. The molecule has 2 nitrogen and oxygen atoms in total. The van der Waals surface area contributed by atoms with Gasteiger partial charge in [-0.15, -0.1) is 0 Å². The lowest BCUT2D eigenvalue weighted by molar-refractivity contribution is 0.411. The molecular weight excluding hydrogens is 823 g/mol. The van der Waals surface area contributed by atoms with Crippen LogP contribution in [0.5, 0.6) is 0 Å². The average Bonchev–Trinajstić information content (AvgIpc) is 3.91. The number of furan rings is 1. The van der Waals surface area contributed by atoms with Crippen molar-refractivity contribution in [3.8, 4) is 22.3 Å². The van der Waals surface area contributed by atoms with Crippen LogP contribution in [-0.4, -0.2) is 0 Å². The molecule has 68 heavy (non-hydrogen) atoms. The predicted molar refractivity (Wildman–Crippen MR) is 285 cm³/mol. The second-order valence-electron chi connectivity index (χ2n) is 19.9. The van der Waals surface area contributed by atoms with Gasteiger partial charge in [0.1, 0.15) is 11.2 Å². The first-order chi connectivity index (χ1) is 33.3. The molecule has 1 aromatic heterocycles. The van der Waals surface area contributed by atoms with Crippen LogP contribution in [0.4, 0.5) is 11.4 Å². The number of benzene rings is 9. The summed E-state index contributed by atoms with van der Waals surface area (Å²) in [7, 11) is 0. The van der Waals surface area contributed by atoms with Crippen LogP contribution in [0.3, 0.4) is 0 Å². The summed E-state index contributed by atoms with van der Waals surface area (Å²) in [4.78, 5) is 0. The van der Waals surface area contributed by atoms with Crippen LogP contribution in [0.2, 0.25) is 0 Å². The quantitative estimate of drug-likeness (QED) is 0.156. The van der Waals surface area contributed by atoms with Gasteiger partial charge in [0.15, 0.2) is 0 Å². The van der Waals surface area contributed by atoms with Gasteiger partial charge >= 0.3 is 0 Å². The molecule has 0 aliphatic heterocycles. The predicted octanol–water partition coefficient (Wildman–Crippen LogP) is 17.6. The third-order valence-electron chi connectivity index (χ3n) is 14.3. The van der Waals surface area contributed by atoms with E-state index in [-0.39, 0.29) is 11.3 Å². The van der Waals surface area contributed by atoms with E-state index < -0.39 is 5.41 Å². The molecule has 2 heteroatoms. The van der Waals surface area contributed by atoms with Crippen molar-refractivity contribution in [2.45, 2.75) is 44.9 Å². The average molecular weight is 876 g/mol. The van der Waals surface area contributed by atoms with Crippen molar-refractivity contribution in [3.63, 3.8) is 0 Å². The van der Waals surface area contributed by atoms with Crippen molar-refractivity contribution in [2.24, 2.45) is 5.41 Å². The van der Waals surface area contributed by atoms with E-state index in [0.29, 0.717) is 0 Å². The highest BCUT2D eigenvalue weighted by atomic mass is 16.3. The fraction of sp³-hybridized carbons (Fsp3) is 0.121. The second-order valence-corrected chi connectivity index (χ2v) is 19.9. The normalized spacial score (nSPS) is 15.3. The zero-order valence-corrected chi connectivity index (χ0v) is 38.8. The standard InChI is InChI=1S/C66H53NO/c1-65(2,3)43-44-26-28-48(29-27-44)59-40-50(55-23-15-24-58-57-22-13-14-25-62(57)68-64(55)58)41-60-56-39-34-49(42-61(56)66(63(59)60,51-18-9-5-10-19-51)52-20-11-6-12-21-52)47-32-37-54(38-33-47)67-53-35-30-46(31-36-53)45-16-7-4-8-17-45/h4-39,41-42,59,67H,40,43H2,1-3H3. The maximum Gasteiger partial charge on any atom is 0.142 e. The van der Waals surface area contributed by atoms with Crippen molar-refractivity contribution in [1.82, 2.24) is 0 Å². The molecule has 12 rings (SSSR count). The molecule has 10 aromatic rings. The van der Waals surface area contributed by atoms with Gasteiger partial charge in [-0.1, -0.05) is 215 Å². The Hall–Kier alpha value is -7.94. The van der Waals surface area contributed by atoms with Gasteiger partial charge in [0.25, 0.3) is 0 Å². The summed E-state index contributed by atoms with van der Waals surface area (Å²) in [5, 5.41) is 5.95. The Bertz CT molecular complexity index is 3480. The molecule has 1 heterocycles. The minimum absolute atomic E-state index is 0.0664. The van der Waals surface area contributed by atoms with E-state index in [0.717, 1.165) is 51.7 Å². The minimum atomic E-state index is -0.571. The molecule has 1 atom stereocenters. The van der Waals surface area contributed by atoms with Crippen LogP contribution in [0.25, 0.3) is 55.3 Å². The first-order valence-corrected chi connectivity index (χ1v) is 24.0. The molecule has 0 bridgehead atoms. The van der Waals surface area contributed by atoms with E-state index in [4.69, 9.17) is 4.42 Å². The van der Waals surface area contributed by atoms with Crippen molar-refractivity contribution in [2.75, 3.05) is 5.32 Å².